The first kappa shape index (κ1) is 17.2. The number of hydrogen-bond donors (Lipinski definition) is 1. The first-order valence-corrected chi connectivity index (χ1v) is 8.46. The molecule has 1 atom stereocenters. The fraction of sp³-hybridized carbons (Fsp3) is 0.368. The van der Waals surface area contributed by atoms with Crippen LogP contribution in [-0.4, -0.2) is 21.0 Å². The SMILES string of the molecule is Cc1noc(C)c1COc1ccc(CNC(C)Cn2cccn2)cc1. The van der Waals surface area contributed by atoms with Crippen LogP contribution in [0.5, 0.6) is 5.75 Å². The molecule has 3 aromatic rings. The van der Waals surface area contributed by atoms with Gasteiger partial charge in [-0.15, -0.1) is 0 Å². The van der Waals surface area contributed by atoms with Crippen molar-refractivity contribution in [3.8, 4) is 5.75 Å². The molecule has 132 valence electrons. The topological polar surface area (TPSA) is 65.1 Å². The summed E-state index contributed by atoms with van der Waals surface area (Å²) in [6.45, 7) is 8.12. The van der Waals surface area contributed by atoms with Crippen LogP contribution in [0, 0.1) is 13.8 Å². The molecule has 25 heavy (non-hydrogen) atoms. The van der Waals surface area contributed by atoms with Gasteiger partial charge < -0.3 is 14.6 Å². The number of aromatic nitrogens is 3. The molecule has 0 saturated heterocycles. The van der Waals surface area contributed by atoms with Gasteiger partial charge in [0.1, 0.15) is 18.1 Å². The Hall–Kier alpha value is -2.60. The van der Waals surface area contributed by atoms with Crippen molar-refractivity contribution in [1.82, 2.24) is 20.3 Å². The molecular formula is C19H24N4O2. The monoisotopic (exact) mass is 340 g/mol. The molecule has 0 saturated carbocycles. The van der Waals surface area contributed by atoms with Gasteiger partial charge in [-0.25, -0.2) is 0 Å². The third-order valence-corrected chi connectivity index (χ3v) is 4.16. The molecule has 0 amide bonds. The van der Waals surface area contributed by atoms with Gasteiger partial charge in [-0.1, -0.05) is 17.3 Å². The van der Waals surface area contributed by atoms with E-state index in [0.717, 1.165) is 35.9 Å². The molecule has 0 radical (unpaired) electrons. The van der Waals surface area contributed by atoms with Crippen LogP contribution in [0.15, 0.2) is 47.2 Å². The van der Waals surface area contributed by atoms with Crippen molar-refractivity contribution in [3.63, 3.8) is 0 Å². The molecule has 1 aromatic carbocycles. The van der Waals surface area contributed by atoms with Gasteiger partial charge in [0.25, 0.3) is 0 Å². The lowest BCUT2D eigenvalue weighted by molar-refractivity contribution is 0.301. The van der Waals surface area contributed by atoms with Crippen molar-refractivity contribution in [2.24, 2.45) is 0 Å². The maximum absolute atomic E-state index is 5.83. The van der Waals surface area contributed by atoms with Gasteiger partial charge in [0.2, 0.25) is 0 Å². The van der Waals surface area contributed by atoms with Crippen molar-refractivity contribution in [3.05, 3.63) is 65.3 Å². The summed E-state index contributed by atoms with van der Waals surface area (Å²) in [7, 11) is 0. The Morgan fingerprint density at radius 2 is 2.04 bits per heavy atom. The van der Waals surface area contributed by atoms with E-state index in [0.29, 0.717) is 12.6 Å². The number of hydrogen-bond acceptors (Lipinski definition) is 5. The number of aryl methyl sites for hydroxylation is 2. The predicted octanol–water partition coefficient (Wildman–Crippen LogP) is 3.25. The lowest BCUT2D eigenvalue weighted by atomic mass is 10.2. The van der Waals surface area contributed by atoms with Crippen LogP contribution in [-0.2, 0) is 19.7 Å². The average molecular weight is 340 g/mol. The van der Waals surface area contributed by atoms with Crippen LogP contribution in [0.3, 0.4) is 0 Å². The highest BCUT2D eigenvalue weighted by Gasteiger charge is 2.09. The maximum Gasteiger partial charge on any atom is 0.140 e. The van der Waals surface area contributed by atoms with Crippen LogP contribution in [0.25, 0.3) is 0 Å². The van der Waals surface area contributed by atoms with Crippen LogP contribution in [0.2, 0.25) is 0 Å². The van der Waals surface area contributed by atoms with Crippen molar-refractivity contribution in [1.29, 1.82) is 0 Å². The second-order valence-electron chi connectivity index (χ2n) is 6.25. The Morgan fingerprint density at radius 1 is 1.24 bits per heavy atom. The lowest BCUT2D eigenvalue weighted by Crippen LogP contribution is -2.30. The first-order valence-electron chi connectivity index (χ1n) is 8.46. The number of ether oxygens (including phenoxy) is 1. The molecular weight excluding hydrogens is 316 g/mol. The molecule has 1 unspecified atom stereocenters. The van der Waals surface area contributed by atoms with E-state index >= 15 is 0 Å². The van der Waals surface area contributed by atoms with Crippen LogP contribution >= 0.6 is 0 Å². The molecule has 6 nitrogen and oxygen atoms in total. The van der Waals surface area contributed by atoms with E-state index in [1.54, 1.807) is 6.20 Å². The molecule has 3 rings (SSSR count). The smallest absolute Gasteiger partial charge is 0.140 e. The summed E-state index contributed by atoms with van der Waals surface area (Å²) >= 11 is 0. The van der Waals surface area contributed by atoms with Crippen LogP contribution < -0.4 is 10.1 Å². The number of rotatable bonds is 8. The average Bonchev–Trinajstić information content (AvgIpc) is 3.23. The highest BCUT2D eigenvalue weighted by molar-refractivity contribution is 5.28. The van der Waals surface area contributed by atoms with E-state index < -0.39 is 0 Å². The molecule has 0 fully saturated rings. The van der Waals surface area contributed by atoms with Crippen molar-refractivity contribution in [2.75, 3.05) is 0 Å². The summed E-state index contributed by atoms with van der Waals surface area (Å²) in [5.74, 6) is 1.65. The molecule has 0 aliphatic carbocycles. The van der Waals surface area contributed by atoms with Crippen molar-refractivity contribution < 1.29 is 9.26 Å². The normalized spacial score (nSPS) is 12.3. The first-order chi connectivity index (χ1) is 12.1. The maximum atomic E-state index is 5.83. The number of nitrogens with one attached hydrogen (secondary N) is 1. The summed E-state index contributed by atoms with van der Waals surface area (Å²) in [6.07, 6.45) is 3.78. The zero-order valence-electron chi connectivity index (χ0n) is 14.9. The van der Waals surface area contributed by atoms with E-state index in [1.165, 1.54) is 5.56 Å². The Bertz CT molecular complexity index is 759. The molecule has 0 aliphatic heterocycles. The van der Waals surface area contributed by atoms with E-state index in [4.69, 9.17) is 9.26 Å². The minimum absolute atomic E-state index is 0.343. The van der Waals surface area contributed by atoms with Gasteiger partial charge in [-0.3, -0.25) is 4.68 Å². The fourth-order valence-electron chi connectivity index (χ4n) is 2.61. The highest BCUT2D eigenvalue weighted by Crippen LogP contribution is 2.18. The van der Waals surface area contributed by atoms with E-state index in [9.17, 15) is 0 Å². The Kier molecular flexibility index (Phi) is 5.50. The Labute approximate surface area is 147 Å². The quantitative estimate of drug-likeness (QED) is 0.682. The standard InChI is InChI=1S/C19H24N4O2/c1-14(12-23-10-4-9-21-23)20-11-17-5-7-18(8-6-17)24-13-19-15(2)22-25-16(19)3/h4-10,14,20H,11-13H2,1-3H3. The number of nitrogens with zero attached hydrogens (tertiary/aromatic N) is 3. The van der Waals surface area contributed by atoms with Gasteiger partial charge in [-0.2, -0.15) is 5.10 Å². The van der Waals surface area contributed by atoms with Crippen LogP contribution in [0.1, 0.15) is 29.5 Å². The summed E-state index contributed by atoms with van der Waals surface area (Å²) in [5.41, 5.74) is 3.11. The zero-order chi connectivity index (χ0) is 17.6. The number of benzene rings is 1. The van der Waals surface area contributed by atoms with Crippen LogP contribution in [0.4, 0.5) is 0 Å². The Balaban J connectivity index is 1.47. The molecule has 1 N–H and O–H groups in total. The fourth-order valence-corrected chi connectivity index (χ4v) is 2.61. The minimum atomic E-state index is 0.343. The highest BCUT2D eigenvalue weighted by atomic mass is 16.5. The van der Waals surface area contributed by atoms with Crippen molar-refractivity contribution >= 4 is 0 Å². The summed E-state index contributed by atoms with van der Waals surface area (Å²) < 4.78 is 12.9. The second kappa shape index (κ2) is 7.98. The predicted molar refractivity (Wildman–Crippen MR) is 95.3 cm³/mol. The van der Waals surface area contributed by atoms with Gasteiger partial charge >= 0.3 is 0 Å². The van der Waals surface area contributed by atoms with Gasteiger partial charge in [0.15, 0.2) is 0 Å². The van der Waals surface area contributed by atoms with E-state index in [-0.39, 0.29) is 0 Å². The minimum Gasteiger partial charge on any atom is -0.489 e. The molecule has 2 heterocycles. The van der Waals surface area contributed by atoms with E-state index in [1.807, 2.05) is 42.9 Å². The molecule has 0 bridgehead atoms. The Morgan fingerprint density at radius 3 is 2.68 bits per heavy atom. The molecule has 2 aromatic heterocycles. The zero-order valence-corrected chi connectivity index (χ0v) is 14.9. The largest absolute Gasteiger partial charge is 0.489 e. The van der Waals surface area contributed by atoms with E-state index in [2.05, 4.69) is 34.6 Å². The lowest BCUT2D eigenvalue weighted by Gasteiger charge is -2.14. The van der Waals surface area contributed by atoms with Gasteiger partial charge in [0, 0.05) is 25.0 Å². The second-order valence-corrected chi connectivity index (χ2v) is 6.25. The summed E-state index contributed by atoms with van der Waals surface area (Å²) in [5, 5.41) is 11.7. The summed E-state index contributed by atoms with van der Waals surface area (Å²) in [6, 6.07) is 10.4. The third-order valence-electron chi connectivity index (χ3n) is 4.16. The molecule has 0 spiro atoms. The summed E-state index contributed by atoms with van der Waals surface area (Å²) in [4.78, 5) is 0. The molecule has 6 heteroatoms. The van der Waals surface area contributed by atoms with Gasteiger partial charge in [-0.05, 0) is 44.5 Å². The third kappa shape index (κ3) is 4.70. The van der Waals surface area contributed by atoms with Crippen molar-refractivity contribution in [2.45, 2.75) is 46.5 Å². The molecule has 0 aliphatic rings. The van der Waals surface area contributed by atoms with Gasteiger partial charge in [0.05, 0.1) is 17.8 Å².